The molecule has 0 saturated carbocycles. The van der Waals surface area contributed by atoms with Gasteiger partial charge in [-0.3, -0.25) is 4.79 Å². The summed E-state index contributed by atoms with van der Waals surface area (Å²) in [4.78, 5) is 16.7. The lowest BCUT2D eigenvalue weighted by atomic mass is 9.91. The first kappa shape index (κ1) is 16.8. The molecule has 0 N–H and O–H groups in total. The molecule has 2 fully saturated rings. The highest BCUT2D eigenvalue weighted by Gasteiger charge is 2.43. The minimum absolute atomic E-state index is 0.101. The first-order valence-corrected chi connectivity index (χ1v) is 8.65. The Morgan fingerprint density at radius 3 is 2.76 bits per heavy atom. The number of carbonyl (C=O) groups excluding carboxylic acids is 1. The highest BCUT2D eigenvalue weighted by atomic mass is 16.5. The molecule has 2 atom stereocenters. The maximum atomic E-state index is 12.1. The van der Waals surface area contributed by atoms with Gasteiger partial charge in [0.25, 0.3) is 5.91 Å². The van der Waals surface area contributed by atoms with E-state index in [2.05, 4.69) is 25.7 Å². The van der Waals surface area contributed by atoms with Gasteiger partial charge in [0.15, 0.2) is 0 Å². The molecule has 2 aliphatic heterocycles. The van der Waals surface area contributed by atoms with Crippen LogP contribution in [0.4, 0.5) is 0 Å². The van der Waals surface area contributed by atoms with Crippen molar-refractivity contribution in [3.05, 3.63) is 0 Å². The topological polar surface area (TPSA) is 32.8 Å². The van der Waals surface area contributed by atoms with E-state index in [-0.39, 0.29) is 17.6 Å². The molecule has 122 valence electrons. The number of likely N-dealkylation sites (tertiary alicyclic amines) is 1. The quantitative estimate of drug-likeness (QED) is 0.799. The third kappa shape index (κ3) is 4.19. The molecule has 0 aromatic carbocycles. The number of ether oxygens (including phenoxy) is 1. The number of carbonyl (C=O) groups is 1. The van der Waals surface area contributed by atoms with E-state index in [0.29, 0.717) is 0 Å². The monoisotopic (exact) mass is 296 g/mol. The smallest absolute Gasteiger partial charge is 0.251 e. The van der Waals surface area contributed by atoms with Crippen LogP contribution >= 0.6 is 0 Å². The van der Waals surface area contributed by atoms with Crippen LogP contribution in [0.3, 0.4) is 0 Å². The van der Waals surface area contributed by atoms with Crippen LogP contribution in [-0.4, -0.2) is 60.1 Å². The highest BCUT2D eigenvalue weighted by Crippen LogP contribution is 2.32. The predicted octanol–water partition coefficient (Wildman–Crippen LogP) is 2.52. The molecule has 0 aliphatic carbocycles. The van der Waals surface area contributed by atoms with Gasteiger partial charge in [-0.25, -0.2) is 0 Å². The van der Waals surface area contributed by atoms with E-state index in [4.69, 9.17) is 4.74 Å². The summed E-state index contributed by atoms with van der Waals surface area (Å²) in [5.41, 5.74) is -0.101. The number of nitrogens with zero attached hydrogens (tertiary/aromatic N) is 2. The van der Waals surface area contributed by atoms with Gasteiger partial charge >= 0.3 is 0 Å². The van der Waals surface area contributed by atoms with E-state index in [9.17, 15) is 4.79 Å². The summed E-state index contributed by atoms with van der Waals surface area (Å²) in [6.07, 6.45) is 4.31. The van der Waals surface area contributed by atoms with Gasteiger partial charge in [0.2, 0.25) is 0 Å². The largest absolute Gasteiger partial charge is 0.360 e. The second kappa shape index (κ2) is 7.10. The summed E-state index contributed by atoms with van der Waals surface area (Å²) in [5.74, 6) is 0.922. The summed E-state index contributed by atoms with van der Waals surface area (Å²) >= 11 is 0. The van der Waals surface area contributed by atoms with Crippen molar-refractivity contribution in [2.75, 3.05) is 32.7 Å². The fourth-order valence-electron chi connectivity index (χ4n) is 3.58. The van der Waals surface area contributed by atoms with Crippen molar-refractivity contribution >= 4 is 5.91 Å². The standard InChI is InChI=1S/C17H32N2O2/c1-5-19-13-17(21-15(4)16(19)20)8-6-10-18(12-9-17)11-7-14(2)3/h14-15H,5-13H2,1-4H3/t15-,17-/m1/s1. The van der Waals surface area contributed by atoms with Crippen molar-refractivity contribution in [1.29, 1.82) is 0 Å². The zero-order valence-electron chi connectivity index (χ0n) is 14.2. The van der Waals surface area contributed by atoms with Crippen LogP contribution in [-0.2, 0) is 9.53 Å². The molecule has 2 heterocycles. The Labute approximate surface area is 129 Å². The van der Waals surface area contributed by atoms with E-state index in [1.807, 2.05) is 11.8 Å². The second-order valence-corrected chi connectivity index (χ2v) is 7.17. The molecule has 1 amide bonds. The van der Waals surface area contributed by atoms with Crippen LogP contribution in [0.15, 0.2) is 0 Å². The van der Waals surface area contributed by atoms with Crippen LogP contribution in [0.25, 0.3) is 0 Å². The molecule has 0 bridgehead atoms. The van der Waals surface area contributed by atoms with Gasteiger partial charge in [-0.2, -0.15) is 0 Å². The van der Waals surface area contributed by atoms with Crippen LogP contribution < -0.4 is 0 Å². The molecular weight excluding hydrogens is 264 g/mol. The summed E-state index contributed by atoms with van der Waals surface area (Å²) < 4.78 is 6.20. The number of morpholine rings is 1. The number of likely N-dealkylation sites (N-methyl/N-ethyl adjacent to an activating group) is 1. The number of rotatable bonds is 4. The maximum Gasteiger partial charge on any atom is 0.251 e. The molecule has 0 aromatic rings. The van der Waals surface area contributed by atoms with Crippen molar-refractivity contribution in [3.8, 4) is 0 Å². The van der Waals surface area contributed by atoms with Crippen LogP contribution in [0.1, 0.15) is 53.4 Å². The zero-order valence-corrected chi connectivity index (χ0v) is 14.2. The average Bonchev–Trinajstić information content (AvgIpc) is 2.63. The molecule has 21 heavy (non-hydrogen) atoms. The first-order chi connectivity index (χ1) is 9.96. The third-order valence-corrected chi connectivity index (χ3v) is 4.96. The van der Waals surface area contributed by atoms with E-state index in [1.165, 1.54) is 25.9 Å². The van der Waals surface area contributed by atoms with Crippen molar-refractivity contribution < 1.29 is 9.53 Å². The minimum atomic E-state index is -0.277. The maximum absolute atomic E-state index is 12.1. The van der Waals surface area contributed by atoms with E-state index in [0.717, 1.165) is 38.4 Å². The van der Waals surface area contributed by atoms with E-state index in [1.54, 1.807) is 0 Å². The van der Waals surface area contributed by atoms with Crippen LogP contribution in [0, 0.1) is 5.92 Å². The Balaban J connectivity index is 1.96. The Morgan fingerprint density at radius 1 is 1.33 bits per heavy atom. The van der Waals surface area contributed by atoms with Gasteiger partial charge in [0.05, 0.1) is 5.60 Å². The predicted molar refractivity (Wildman–Crippen MR) is 85.3 cm³/mol. The SMILES string of the molecule is CCN1C[C@]2(CCCN(CCC(C)C)CC2)O[C@H](C)C1=O. The van der Waals surface area contributed by atoms with E-state index < -0.39 is 0 Å². The van der Waals surface area contributed by atoms with Gasteiger partial charge in [-0.05, 0) is 58.5 Å². The van der Waals surface area contributed by atoms with Gasteiger partial charge in [-0.1, -0.05) is 13.8 Å². The lowest BCUT2D eigenvalue weighted by Gasteiger charge is -2.44. The normalized spacial score (nSPS) is 32.0. The summed E-state index contributed by atoms with van der Waals surface area (Å²) in [6, 6.07) is 0. The average molecular weight is 296 g/mol. The molecule has 4 nitrogen and oxygen atoms in total. The fourth-order valence-corrected chi connectivity index (χ4v) is 3.58. The molecular formula is C17H32N2O2. The molecule has 2 saturated heterocycles. The summed E-state index contributed by atoms with van der Waals surface area (Å²) in [5, 5.41) is 0. The minimum Gasteiger partial charge on any atom is -0.360 e. The number of hydrogen-bond donors (Lipinski definition) is 0. The molecule has 0 radical (unpaired) electrons. The van der Waals surface area contributed by atoms with Gasteiger partial charge < -0.3 is 14.5 Å². The summed E-state index contributed by atoms with van der Waals surface area (Å²) in [6.45, 7) is 13.6. The molecule has 0 aromatic heterocycles. The van der Waals surface area contributed by atoms with Crippen molar-refractivity contribution in [3.63, 3.8) is 0 Å². The molecule has 2 rings (SSSR count). The third-order valence-electron chi connectivity index (χ3n) is 4.96. The fraction of sp³-hybridized carbons (Fsp3) is 0.941. The molecule has 4 heteroatoms. The van der Waals surface area contributed by atoms with Crippen LogP contribution in [0.5, 0.6) is 0 Å². The van der Waals surface area contributed by atoms with Crippen molar-refractivity contribution in [2.45, 2.75) is 65.1 Å². The first-order valence-electron chi connectivity index (χ1n) is 8.65. The van der Waals surface area contributed by atoms with Gasteiger partial charge in [0.1, 0.15) is 6.10 Å². The van der Waals surface area contributed by atoms with E-state index >= 15 is 0 Å². The Morgan fingerprint density at radius 2 is 2.10 bits per heavy atom. The molecule has 0 unspecified atom stereocenters. The van der Waals surface area contributed by atoms with Crippen molar-refractivity contribution in [2.24, 2.45) is 5.92 Å². The second-order valence-electron chi connectivity index (χ2n) is 7.17. The Kier molecular flexibility index (Phi) is 5.67. The Hall–Kier alpha value is -0.610. The lowest BCUT2D eigenvalue weighted by molar-refractivity contribution is -0.182. The zero-order chi connectivity index (χ0) is 15.5. The lowest BCUT2D eigenvalue weighted by Crippen LogP contribution is -2.58. The van der Waals surface area contributed by atoms with Gasteiger partial charge in [0, 0.05) is 19.6 Å². The molecule has 1 spiro atoms. The van der Waals surface area contributed by atoms with Crippen molar-refractivity contribution in [1.82, 2.24) is 9.80 Å². The molecule has 2 aliphatic rings. The highest BCUT2D eigenvalue weighted by molar-refractivity contribution is 5.81. The number of hydrogen-bond acceptors (Lipinski definition) is 3. The number of amides is 1. The Bertz CT molecular complexity index is 359. The van der Waals surface area contributed by atoms with Gasteiger partial charge in [-0.15, -0.1) is 0 Å². The van der Waals surface area contributed by atoms with Crippen LogP contribution in [0.2, 0.25) is 0 Å². The summed E-state index contributed by atoms with van der Waals surface area (Å²) in [7, 11) is 0.